The number of aliphatic carboxylic acids is 1. The molecule has 2 atom stereocenters. The third-order valence-corrected chi connectivity index (χ3v) is 18.2. The van der Waals surface area contributed by atoms with Crippen molar-refractivity contribution in [3.8, 4) is 0 Å². The minimum absolute atomic E-state index is 0.180. The van der Waals surface area contributed by atoms with Gasteiger partial charge in [0.2, 0.25) is 0 Å². The Labute approximate surface area is 647 Å². The molecule has 0 heterocycles. The number of hydrogen-bond acceptors (Lipinski definition) is 7. The molecular weight excluding hydrogens is 1300 g/mol. The Hall–Kier alpha value is -5.61. The number of esters is 2. The van der Waals surface area contributed by atoms with E-state index in [1.54, 1.807) is 0 Å². The molecule has 0 aromatic carbocycles. The topological polar surface area (TPSA) is 108 Å². The van der Waals surface area contributed by atoms with Gasteiger partial charge in [0.1, 0.15) is 13.2 Å². The Kier molecular flexibility index (Phi) is 79.5. The fourth-order valence-electron chi connectivity index (χ4n) is 11.7. The largest absolute Gasteiger partial charge is 0.477 e. The van der Waals surface area contributed by atoms with Gasteiger partial charge in [-0.1, -0.05) is 382 Å². The Morgan fingerprint density at radius 3 is 0.762 bits per heavy atom. The van der Waals surface area contributed by atoms with E-state index >= 15 is 0 Å². The number of carboxylic acid groups (broad SMARTS) is 1. The summed E-state index contributed by atoms with van der Waals surface area (Å²) in [5.74, 6) is -2.01. The molecule has 1 N–H and O–H groups in total. The van der Waals surface area contributed by atoms with E-state index in [2.05, 4.69) is 196 Å². The van der Waals surface area contributed by atoms with E-state index in [-0.39, 0.29) is 32.2 Å². The van der Waals surface area contributed by atoms with Crippen molar-refractivity contribution < 1.29 is 42.9 Å². The molecule has 0 aliphatic carbocycles. The standard InChI is InChI=1S/C96H159NO8/c1-6-8-10-12-14-16-18-20-22-24-26-28-30-32-34-36-38-40-42-44-46-47-49-50-52-54-56-58-60-62-64-66-68-70-72-74-76-78-80-82-84-86-93(98)103-90-92(91-104-96(95(100)101)102-89-88-97(3,4)5)105-94(99)87-85-83-81-79-77-75-73-71-69-67-65-63-61-59-57-55-53-51-48-45-43-41-39-37-35-33-31-29-27-25-23-21-19-17-15-13-11-9-7-2/h8-11,14-17,20-23,26-29,32-35,39,41,45,48,53,55,59,61,65,67,92,96H,6-7,12-13,18-19,24-25,30-31,36-38,40,42-44,46-47,49-52,54,56-58,60,62-64,66,68-91H2,1-5H3/p+1/b10-8-,11-9-,16-14-,17-15-,22-20-,23-21-,28-26-,29-27-,34-32-,35-33-,41-39-,48-45-,55-53-,61-59-,67-65-. The van der Waals surface area contributed by atoms with Crippen LogP contribution in [-0.4, -0.2) is 87.4 Å². The highest BCUT2D eigenvalue weighted by Gasteiger charge is 2.25. The number of allylic oxidation sites excluding steroid dienone is 30. The Balaban J connectivity index is 4.04. The first-order valence-corrected chi connectivity index (χ1v) is 42.9. The third kappa shape index (κ3) is 85.5. The molecular formula is C96H160NO8+. The number of carbonyl (C=O) groups excluding carboxylic acids is 2. The van der Waals surface area contributed by atoms with Crippen LogP contribution in [0.2, 0.25) is 0 Å². The molecule has 105 heavy (non-hydrogen) atoms. The van der Waals surface area contributed by atoms with Gasteiger partial charge in [0, 0.05) is 12.8 Å². The van der Waals surface area contributed by atoms with Gasteiger partial charge in [-0.3, -0.25) is 9.59 Å². The van der Waals surface area contributed by atoms with Crippen LogP contribution in [-0.2, 0) is 33.3 Å². The van der Waals surface area contributed by atoms with Gasteiger partial charge in [0.15, 0.2) is 6.10 Å². The second-order valence-electron chi connectivity index (χ2n) is 29.4. The van der Waals surface area contributed by atoms with E-state index in [4.69, 9.17) is 18.9 Å². The van der Waals surface area contributed by atoms with Crippen molar-refractivity contribution in [3.63, 3.8) is 0 Å². The number of rotatable bonds is 78. The molecule has 0 bridgehead atoms. The molecule has 0 aliphatic rings. The Morgan fingerprint density at radius 1 is 0.286 bits per heavy atom. The lowest BCUT2D eigenvalue weighted by molar-refractivity contribution is -0.870. The van der Waals surface area contributed by atoms with Crippen LogP contribution < -0.4 is 0 Å². The van der Waals surface area contributed by atoms with Crippen molar-refractivity contribution in [2.75, 3.05) is 47.5 Å². The summed E-state index contributed by atoms with van der Waals surface area (Å²) in [5, 5.41) is 9.79. The number of carboxylic acids is 1. The van der Waals surface area contributed by atoms with Crippen LogP contribution in [0.1, 0.15) is 348 Å². The lowest BCUT2D eigenvalue weighted by Gasteiger charge is -2.25. The summed E-state index contributed by atoms with van der Waals surface area (Å²) in [4.78, 5) is 37.8. The molecule has 0 radical (unpaired) electrons. The molecule has 9 nitrogen and oxygen atoms in total. The van der Waals surface area contributed by atoms with Gasteiger partial charge in [-0.15, -0.1) is 0 Å². The number of carbonyl (C=O) groups is 3. The average molecular weight is 1460 g/mol. The van der Waals surface area contributed by atoms with E-state index in [9.17, 15) is 19.5 Å². The smallest absolute Gasteiger partial charge is 0.361 e. The highest BCUT2D eigenvalue weighted by atomic mass is 16.7. The lowest BCUT2D eigenvalue weighted by atomic mass is 10.0. The molecule has 9 heteroatoms. The monoisotopic (exact) mass is 1460 g/mol. The summed E-state index contributed by atoms with van der Waals surface area (Å²) >= 11 is 0. The lowest BCUT2D eigenvalue weighted by Crippen LogP contribution is -2.40. The number of ether oxygens (including phenoxy) is 4. The predicted octanol–water partition coefficient (Wildman–Crippen LogP) is 28.3. The van der Waals surface area contributed by atoms with Crippen LogP contribution in [0.3, 0.4) is 0 Å². The molecule has 2 unspecified atom stereocenters. The summed E-state index contributed by atoms with van der Waals surface area (Å²) in [6.45, 7) is 4.66. The van der Waals surface area contributed by atoms with Gasteiger partial charge in [-0.25, -0.2) is 4.79 Å². The van der Waals surface area contributed by atoms with Crippen LogP contribution >= 0.6 is 0 Å². The highest BCUT2D eigenvalue weighted by Crippen LogP contribution is 2.18. The van der Waals surface area contributed by atoms with Gasteiger partial charge in [-0.05, 0) is 135 Å². The number of quaternary nitrogens is 1. The maximum Gasteiger partial charge on any atom is 0.361 e. The van der Waals surface area contributed by atoms with Crippen molar-refractivity contribution in [1.29, 1.82) is 0 Å². The third-order valence-electron chi connectivity index (χ3n) is 18.2. The summed E-state index contributed by atoms with van der Waals surface area (Å²) in [5.41, 5.74) is 0. The van der Waals surface area contributed by atoms with Gasteiger partial charge < -0.3 is 28.5 Å². The van der Waals surface area contributed by atoms with E-state index in [0.717, 1.165) is 141 Å². The van der Waals surface area contributed by atoms with Crippen LogP contribution in [0.4, 0.5) is 0 Å². The molecule has 0 saturated carbocycles. The average Bonchev–Trinajstić information content (AvgIpc) is 1.97. The van der Waals surface area contributed by atoms with Crippen LogP contribution in [0.15, 0.2) is 182 Å². The van der Waals surface area contributed by atoms with Gasteiger partial charge in [-0.2, -0.15) is 0 Å². The van der Waals surface area contributed by atoms with Crippen LogP contribution in [0.25, 0.3) is 0 Å². The van der Waals surface area contributed by atoms with Crippen molar-refractivity contribution >= 4 is 17.9 Å². The first-order chi connectivity index (χ1) is 51.6. The van der Waals surface area contributed by atoms with Gasteiger partial charge in [0.05, 0.1) is 34.4 Å². The summed E-state index contributed by atoms with van der Waals surface area (Å²) in [6, 6.07) is 0. The van der Waals surface area contributed by atoms with Crippen molar-refractivity contribution in [3.05, 3.63) is 182 Å². The molecule has 0 aliphatic heterocycles. The second kappa shape index (κ2) is 84.0. The minimum atomic E-state index is -1.52. The maximum atomic E-state index is 13.0. The molecule has 0 amide bonds. The second-order valence-corrected chi connectivity index (χ2v) is 29.4. The predicted molar refractivity (Wildman–Crippen MR) is 456 cm³/mol. The number of hydrogen-bond donors (Lipinski definition) is 1. The summed E-state index contributed by atoms with van der Waals surface area (Å²) in [6.07, 6.45) is 125. The number of unbranched alkanes of at least 4 members (excludes halogenated alkanes) is 33. The van der Waals surface area contributed by atoms with Crippen LogP contribution in [0.5, 0.6) is 0 Å². The first-order valence-electron chi connectivity index (χ1n) is 42.9. The minimum Gasteiger partial charge on any atom is -0.477 e. The molecule has 0 saturated heterocycles. The molecule has 0 spiro atoms. The summed E-state index contributed by atoms with van der Waals surface area (Å²) in [7, 11) is 5.98. The van der Waals surface area contributed by atoms with E-state index in [0.29, 0.717) is 23.9 Å². The zero-order chi connectivity index (χ0) is 76.0. The normalized spacial score (nSPS) is 13.6. The summed E-state index contributed by atoms with van der Waals surface area (Å²) < 4.78 is 23.1. The Bertz CT molecular complexity index is 2400. The van der Waals surface area contributed by atoms with Crippen molar-refractivity contribution in [2.45, 2.75) is 360 Å². The van der Waals surface area contributed by atoms with Crippen molar-refractivity contribution in [2.24, 2.45) is 0 Å². The number of nitrogens with zero attached hydrogens (tertiary/aromatic N) is 1. The molecule has 0 aromatic heterocycles. The van der Waals surface area contributed by atoms with E-state index in [1.165, 1.54) is 173 Å². The fraction of sp³-hybridized carbons (Fsp3) is 0.656. The molecule has 0 rings (SSSR count). The number of likely N-dealkylation sites (N-methyl/N-ethyl adjacent to an activating group) is 1. The highest BCUT2D eigenvalue weighted by molar-refractivity contribution is 5.71. The zero-order valence-corrected chi connectivity index (χ0v) is 68.3. The maximum absolute atomic E-state index is 13.0. The van der Waals surface area contributed by atoms with Gasteiger partial charge in [0.25, 0.3) is 6.29 Å². The molecule has 0 aromatic rings. The van der Waals surface area contributed by atoms with Gasteiger partial charge >= 0.3 is 17.9 Å². The molecule has 596 valence electrons. The Morgan fingerprint density at radius 2 is 0.514 bits per heavy atom. The quantitative estimate of drug-likeness (QED) is 0.0211. The van der Waals surface area contributed by atoms with E-state index < -0.39 is 24.3 Å². The fourth-order valence-corrected chi connectivity index (χ4v) is 11.7. The van der Waals surface area contributed by atoms with E-state index in [1.807, 2.05) is 21.1 Å². The first kappa shape index (κ1) is 99.4. The van der Waals surface area contributed by atoms with Crippen molar-refractivity contribution in [1.82, 2.24) is 0 Å². The van der Waals surface area contributed by atoms with Crippen LogP contribution in [0, 0.1) is 0 Å². The zero-order valence-electron chi connectivity index (χ0n) is 68.3. The SMILES string of the molecule is CC/C=C\C/C=C\C/C=C\C/C=C\C/C=C\C/C=C\C/C=C\C/C=C\C/C=C\C/C=C\CCCCCCCCCCC(=O)OC(COC(=O)CCCCCCCCCCCCCCCCCCCCCCCCCCC/C=C\C/C=C\C/C=C\C/C=C\C/C=C\CC)COC(OCC[N+](C)(C)C)C(=O)O. The molecule has 0 fully saturated rings.